The SMILES string of the molecule is C#CC[C@]1(C(=O)N[C@@H](CCCC=O)C(=O)OCc2ccccc2)CCC(=O)O1. The molecule has 1 amide bonds. The summed E-state index contributed by atoms with van der Waals surface area (Å²) in [4.78, 5) is 47.4. The molecule has 0 aromatic heterocycles. The van der Waals surface area contributed by atoms with E-state index in [-0.39, 0.29) is 38.7 Å². The second-order valence-electron chi connectivity index (χ2n) is 6.57. The van der Waals surface area contributed by atoms with Gasteiger partial charge in [0, 0.05) is 19.3 Å². The highest BCUT2D eigenvalue weighted by atomic mass is 16.6. The third-order valence-corrected chi connectivity index (χ3v) is 4.47. The van der Waals surface area contributed by atoms with Gasteiger partial charge < -0.3 is 19.6 Å². The number of unbranched alkanes of at least 4 members (excludes halogenated alkanes) is 1. The number of cyclic esters (lactones) is 1. The minimum atomic E-state index is -1.46. The lowest BCUT2D eigenvalue weighted by atomic mass is 9.94. The summed E-state index contributed by atoms with van der Waals surface area (Å²) in [6.45, 7) is 0.0597. The topological polar surface area (TPSA) is 98.8 Å². The van der Waals surface area contributed by atoms with Crippen LogP contribution >= 0.6 is 0 Å². The van der Waals surface area contributed by atoms with Crippen molar-refractivity contribution in [1.82, 2.24) is 5.32 Å². The number of carbonyl (C=O) groups is 4. The lowest BCUT2D eigenvalue weighted by Gasteiger charge is -2.27. The number of esters is 2. The second-order valence-corrected chi connectivity index (χ2v) is 6.57. The molecule has 0 bridgehead atoms. The molecule has 0 unspecified atom stereocenters. The molecule has 0 aliphatic carbocycles. The van der Waals surface area contributed by atoms with Gasteiger partial charge in [-0.25, -0.2) is 4.79 Å². The Balaban J connectivity index is 2.05. The van der Waals surface area contributed by atoms with Crippen molar-refractivity contribution in [3.05, 3.63) is 35.9 Å². The number of ether oxygens (including phenoxy) is 2. The van der Waals surface area contributed by atoms with Crippen LogP contribution in [-0.2, 0) is 35.3 Å². The molecular formula is C21H23NO6. The largest absolute Gasteiger partial charge is 0.459 e. The Hall–Kier alpha value is -3.14. The van der Waals surface area contributed by atoms with Crippen LogP contribution in [0, 0.1) is 12.3 Å². The highest BCUT2D eigenvalue weighted by Crippen LogP contribution is 2.30. The number of terminal acetylenes is 1. The first-order valence-corrected chi connectivity index (χ1v) is 9.11. The number of rotatable bonds is 10. The van der Waals surface area contributed by atoms with Crippen molar-refractivity contribution < 1.29 is 28.7 Å². The van der Waals surface area contributed by atoms with Gasteiger partial charge in [-0.1, -0.05) is 30.3 Å². The molecule has 28 heavy (non-hydrogen) atoms. The van der Waals surface area contributed by atoms with Gasteiger partial charge >= 0.3 is 11.9 Å². The lowest BCUT2D eigenvalue weighted by Crippen LogP contribution is -2.52. The molecule has 0 spiro atoms. The summed E-state index contributed by atoms with van der Waals surface area (Å²) in [5.41, 5.74) is -0.656. The van der Waals surface area contributed by atoms with E-state index in [1.807, 2.05) is 30.3 Å². The van der Waals surface area contributed by atoms with Crippen molar-refractivity contribution >= 4 is 24.1 Å². The molecule has 0 saturated carbocycles. The molecule has 2 atom stereocenters. The number of hydrogen-bond donors (Lipinski definition) is 1. The van der Waals surface area contributed by atoms with Crippen LogP contribution in [0.15, 0.2) is 30.3 Å². The molecule has 1 aliphatic heterocycles. The first kappa shape index (κ1) is 21.2. The van der Waals surface area contributed by atoms with Crippen molar-refractivity contribution in [2.45, 2.75) is 56.8 Å². The molecule has 7 nitrogen and oxygen atoms in total. The van der Waals surface area contributed by atoms with Crippen molar-refractivity contribution in [3.63, 3.8) is 0 Å². The van der Waals surface area contributed by atoms with E-state index >= 15 is 0 Å². The molecule has 2 rings (SSSR count). The Labute approximate surface area is 163 Å². The van der Waals surface area contributed by atoms with Gasteiger partial charge in [0.2, 0.25) is 5.60 Å². The van der Waals surface area contributed by atoms with Crippen LogP contribution in [0.5, 0.6) is 0 Å². The molecule has 1 aromatic carbocycles. The fourth-order valence-corrected chi connectivity index (χ4v) is 2.93. The van der Waals surface area contributed by atoms with E-state index < -0.39 is 29.5 Å². The Morgan fingerprint density at radius 3 is 2.71 bits per heavy atom. The molecule has 7 heteroatoms. The summed E-state index contributed by atoms with van der Waals surface area (Å²) < 4.78 is 10.5. The number of amides is 1. The quantitative estimate of drug-likeness (QED) is 0.285. The van der Waals surface area contributed by atoms with Gasteiger partial charge in [0.05, 0.1) is 6.42 Å². The van der Waals surface area contributed by atoms with E-state index in [9.17, 15) is 19.2 Å². The molecule has 1 aliphatic rings. The van der Waals surface area contributed by atoms with Gasteiger partial charge in [0.15, 0.2) is 0 Å². The van der Waals surface area contributed by atoms with Gasteiger partial charge in [-0.15, -0.1) is 12.3 Å². The lowest BCUT2D eigenvalue weighted by molar-refractivity contribution is -0.160. The molecular weight excluding hydrogens is 362 g/mol. The number of benzene rings is 1. The summed E-state index contributed by atoms with van der Waals surface area (Å²) in [6.07, 6.45) is 7.10. The Morgan fingerprint density at radius 2 is 2.11 bits per heavy atom. The second kappa shape index (κ2) is 10.3. The number of nitrogens with one attached hydrogen (secondary N) is 1. The average molecular weight is 385 g/mol. The molecule has 1 fully saturated rings. The monoisotopic (exact) mass is 385 g/mol. The Morgan fingerprint density at radius 1 is 1.36 bits per heavy atom. The molecule has 1 saturated heterocycles. The molecule has 148 valence electrons. The van der Waals surface area contributed by atoms with Crippen LogP contribution in [-0.4, -0.2) is 35.8 Å². The minimum Gasteiger partial charge on any atom is -0.459 e. The van der Waals surface area contributed by atoms with Gasteiger partial charge in [-0.05, 0) is 18.4 Å². The Bertz CT molecular complexity index is 754. The number of aldehydes is 1. The zero-order valence-corrected chi connectivity index (χ0v) is 15.5. The van der Waals surface area contributed by atoms with Gasteiger partial charge in [0.1, 0.15) is 18.9 Å². The normalized spacial score (nSPS) is 19.2. The van der Waals surface area contributed by atoms with Crippen LogP contribution < -0.4 is 5.32 Å². The first-order chi connectivity index (χ1) is 13.5. The molecule has 1 N–H and O–H groups in total. The smallest absolute Gasteiger partial charge is 0.328 e. The van der Waals surface area contributed by atoms with Crippen LogP contribution in [0.1, 0.15) is 44.1 Å². The number of carbonyl (C=O) groups excluding carboxylic acids is 4. The third-order valence-electron chi connectivity index (χ3n) is 4.47. The van der Waals surface area contributed by atoms with Crippen LogP contribution in [0.4, 0.5) is 0 Å². The fourth-order valence-electron chi connectivity index (χ4n) is 2.93. The van der Waals surface area contributed by atoms with Gasteiger partial charge in [0.25, 0.3) is 5.91 Å². The summed E-state index contributed by atoms with van der Waals surface area (Å²) in [5, 5.41) is 2.60. The Kier molecular flexibility index (Phi) is 7.76. The molecule has 1 aromatic rings. The van der Waals surface area contributed by atoms with E-state index in [1.54, 1.807) is 0 Å². The van der Waals surface area contributed by atoms with E-state index in [2.05, 4.69) is 11.2 Å². The predicted octanol–water partition coefficient (Wildman–Crippen LogP) is 1.68. The van der Waals surface area contributed by atoms with E-state index in [1.165, 1.54) is 0 Å². The first-order valence-electron chi connectivity index (χ1n) is 9.11. The van der Waals surface area contributed by atoms with Gasteiger partial charge in [-0.3, -0.25) is 9.59 Å². The molecule has 0 radical (unpaired) electrons. The zero-order valence-electron chi connectivity index (χ0n) is 15.5. The van der Waals surface area contributed by atoms with Crippen LogP contribution in [0.25, 0.3) is 0 Å². The number of hydrogen-bond acceptors (Lipinski definition) is 6. The van der Waals surface area contributed by atoms with E-state index in [4.69, 9.17) is 15.9 Å². The summed E-state index contributed by atoms with van der Waals surface area (Å²) in [7, 11) is 0. The summed E-state index contributed by atoms with van der Waals surface area (Å²) in [5.74, 6) is 0.605. The summed E-state index contributed by atoms with van der Waals surface area (Å²) >= 11 is 0. The zero-order chi connectivity index (χ0) is 20.4. The van der Waals surface area contributed by atoms with Crippen LogP contribution in [0.2, 0.25) is 0 Å². The predicted molar refractivity (Wildman–Crippen MR) is 99.6 cm³/mol. The fraction of sp³-hybridized carbons (Fsp3) is 0.429. The summed E-state index contributed by atoms with van der Waals surface area (Å²) in [6, 6.07) is 8.15. The maximum atomic E-state index is 12.8. The maximum Gasteiger partial charge on any atom is 0.328 e. The van der Waals surface area contributed by atoms with Crippen molar-refractivity contribution in [2.75, 3.05) is 0 Å². The highest BCUT2D eigenvalue weighted by Gasteiger charge is 2.47. The van der Waals surface area contributed by atoms with Crippen molar-refractivity contribution in [3.8, 4) is 12.3 Å². The molecule has 1 heterocycles. The van der Waals surface area contributed by atoms with Crippen LogP contribution in [0.3, 0.4) is 0 Å². The highest BCUT2D eigenvalue weighted by molar-refractivity contribution is 5.93. The van der Waals surface area contributed by atoms with Gasteiger partial charge in [-0.2, -0.15) is 0 Å². The van der Waals surface area contributed by atoms with E-state index in [0.29, 0.717) is 6.42 Å². The van der Waals surface area contributed by atoms with Crippen molar-refractivity contribution in [1.29, 1.82) is 0 Å². The third kappa shape index (κ3) is 5.68. The van der Waals surface area contributed by atoms with E-state index in [0.717, 1.165) is 11.8 Å². The minimum absolute atomic E-state index is 0.0597. The van der Waals surface area contributed by atoms with Crippen molar-refractivity contribution in [2.24, 2.45) is 0 Å². The standard InChI is InChI=1S/C21H23NO6/c1-2-12-21(13-11-18(24)28-21)20(26)22-17(10-6-7-14-23)19(25)27-15-16-8-4-3-5-9-16/h1,3-5,8-9,14,17H,6-7,10-13,15H2,(H,22,26)/t17-,21+/m0/s1. The maximum absolute atomic E-state index is 12.8. The average Bonchev–Trinajstić information content (AvgIpc) is 3.08.